The Kier molecular flexibility index (Phi) is 9.69. The number of likely N-dealkylation sites (tertiary alicyclic amines) is 1. The predicted octanol–water partition coefficient (Wildman–Crippen LogP) is 1.86. The van der Waals surface area contributed by atoms with Gasteiger partial charge in [-0.15, -0.1) is 24.0 Å². The van der Waals surface area contributed by atoms with Crippen LogP contribution < -0.4 is 5.32 Å². The fourth-order valence-corrected chi connectivity index (χ4v) is 3.68. The Morgan fingerprint density at radius 1 is 1.08 bits per heavy atom. The Bertz CT molecular complexity index is 508. The quantitative estimate of drug-likeness (QED) is 0.398. The fraction of sp³-hybridized carbons (Fsp3) is 0.778. The lowest BCUT2D eigenvalue weighted by Gasteiger charge is -2.36. The zero-order valence-corrected chi connectivity index (χ0v) is 18.2. The van der Waals surface area contributed by atoms with E-state index in [4.69, 9.17) is 4.52 Å². The van der Waals surface area contributed by atoms with E-state index >= 15 is 0 Å². The molecule has 2 aliphatic heterocycles. The third-order valence-corrected chi connectivity index (χ3v) is 5.17. The van der Waals surface area contributed by atoms with Crippen LogP contribution in [0.15, 0.2) is 21.8 Å². The van der Waals surface area contributed by atoms with E-state index in [0.717, 1.165) is 57.5 Å². The Morgan fingerprint density at radius 2 is 1.81 bits per heavy atom. The van der Waals surface area contributed by atoms with Gasteiger partial charge in [0.2, 0.25) is 0 Å². The molecule has 0 atom stereocenters. The minimum atomic E-state index is 0. The van der Waals surface area contributed by atoms with Crippen molar-refractivity contribution >= 4 is 29.9 Å². The van der Waals surface area contributed by atoms with Crippen molar-refractivity contribution in [2.45, 2.75) is 32.2 Å². The summed E-state index contributed by atoms with van der Waals surface area (Å²) in [6.45, 7) is 9.52. The van der Waals surface area contributed by atoms with Crippen molar-refractivity contribution in [3.05, 3.63) is 18.0 Å². The number of nitrogens with zero attached hydrogens (tertiary/aromatic N) is 5. The van der Waals surface area contributed by atoms with Crippen molar-refractivity contribution in [2.24, 2.45) is 4.99 Å². The maximum atomic E-state index is 4.91. The number of hydrogen-bond acceptors (Lipinski definition) is 5. The van der Waals surface area contributed by atoms with Gasteiger partial charge >= 0.3 is 0 Å². The lowest BCUT2D eigenvalue weighted by Crippen LogP contribution is -2.53. The van der Waals surface area contributed by atoms with Gasteiger partial charge in [-0.25, -0.2) is 0 Å². The molecule has 0 unspecified atom stereocenters. The second-order valence-electron chi connectivity index (χ2n) is 6.98. The molecule has 0 amide bonds. The van der Waals surface area contributed by atoms with Gasteiger partial charge in [0.15, 0.2) is 5.96 Å². The number of aliphatic imine (C=N–C) groups is 1. The first kappa shape index (κ1) is 21.4. The first-order valence-corrected chi connectivity index (χ1v) is 9.65. The van der Waals surface area contributed by atoms with Crippen LogP contribution in [0.2, 0.25) is 0 Å². The lowest BCUT2D eigenvalue weighted by atomic mass is 10.2. The number of rotatable bonds is 5. The summed E-state index contributed by atoms with van der Waals surface area (Å²) in [5, 5.41) is 7.56. The summed E-state index contributed by atoms with van der Waals surface area (Å²) < 4.78 is 4.91. The second kappa shape index (κ2) is 11.8. The molecule has 2 fully saturated rings. The minimum absolute atomic E-state index is 0. The van der Waals surface area contributed by atoms with Gasteiger partial charge in [-0.3, -0.25) is 9.89 Å². The van der Waals surface area contributed by atoms with Gasteiger partial charge in [-0.1, -0.05) is 18.0 Å². The monoisotopic (exact) mass is 476 g/mol. The zero-order chi connectivity index (χ0) is 17.3. The molecule has 2 aliphatic rings. The van der Waals surface area contributed by atoms with Crippen molar-refractivity contribution in [1.29, 1.82) is 0 Å². The summed E-state index contributed by atoms with van der Waals surface area (Å²) in [7, 11) is 1.88. The van der Waals surface area contributed by atoms with Crippen LogP contribution in [0, 0.1) is 0 Å². The summed E-state index contributed by atoms with van der Waals surface area (Å²) in [6.07, 6.45) is 7.13. The van der Waals surface area contributed by atoms with Crippen molar-refractivity contribution in [3.8, 4) is 0 Å². The number of aromatic nitrogens is 1. The van der Waals surface area contributed by atoms with E-state index in [9.17, 15) is 0 Å². The highest BCUT2D eigenvalue weighted by Crippen LogP contribution is 2.09. The first-order valence-electron chi connectivity index (χ1n) is 9.65. The molecule has 0 aliphatic carbocycles. The molecular weight excluding hydrogens is 443 g/mol. The average Bonchev–Trinajstić information content (AvgIpc) is 3.01. The smallest absolute Gasteiger partial charge is 0.193 e. The van der Waals surface area contributed by atoms with E-state index in [1.807, 2.05) is 13.1 Å². The molecule has 0 spiro atoms. The Labute approximate surface area is 174 Å². The Balaban J connectivity index is 0.00000243. The van der Waals surface area contributed by atoms with E-state index in [2.05, 4.69) is 30.2 Å². The third-order valence-electron chi connectivity index (χ3n) is 5.17. The summed E-state index contributed by atoms with van der Waals surface area (Å²) in [5.74, 6) is 1.04. The highest BCUT2D eigenvalue weighted by molar-refractivity contribution is 14.0. The zero-order valence-electron chi connectivity index (χ0n) is 15.9. The molecule has 3 rings (SSSR count). The van der Waals surface area contributed by atoms with E-state index in [1.165, 1.54) is 38.8 Å². The van der Waals surface area contributed by atoms with E-state index < -0.39 is 0 Å². The van der Waals surface area contributed by atoms with Gasteiger partial charge in [0, 0.05) is 58.9 Å². The van der Waals surface area contributed by atoms with Crippen LogP contribution >= 0.6 is 24.0 Å². The molecule has 0 aromatic carbocycles. The first-order chi connectivity index (χ1) is 12.3. The Hall–Kier alpha value is -0.870. The topological polar surface area (TPSA) is 60.1 Å². The molecule has 1 aromatic rings. The molecule has 0 radical (unpaired) electrons. The second-order valence-corrected chi connectivity index (χ2v) is 6.98. The number of guanidine groups is 1. The third kappa shape index (κ3) is 6.70. The molecule has 1 N–H and O–H groups in total. The van der Waals surface area contributed by atoms with Crippen LogP contribution in [-0.4, -0.2) is 85.2 Å². The summed E-state index contributed by atoms with van der Waals surface area (Å²) in [6, 6.07) is 1.94. The molecular formula is C18H33IN6O. The van der Waals surface area contributed by atoms with E-state index in [0.29, 0.717) is 0 Å². The molecule has 3 heterocycles. The molecule has 0 saturated carbocycles. The maximum Gasteiger partial charge on any atom is 0.193 e. The molecule has 1 aromatic heterocycles. The average molecular weight is 476 g/mol. The highest BCUT2D eigenvalue weighted by Gasteiger charge is 2.20. The van der Waals surface area contributed by atoms with Crippen LogP contribution in [0.3, 0.4) is 0 Å². The van der Waals surface area contributed by atoms with E-state index in [-0.39, 0.29) is 24.0 Å². The van der Waals surface area contributed by atoms with Gasteiger partial charge in [-0.2, -0.15) is 0 Å². The van der Waals surface area contributed by atoms with Crippen LogP contribution in [0.1, 0.15) is 31.4 Å². The predicted molar refractivity (Wildman–Crippen MR) is 115 cm³/mol. The molecule has 2 saturated heterocycles. The highest BCUT2D eigenvalue weighted by atomic mass is 127. The number of nitrogens with one attached hydrogen (secondary N) is 1. The van der Waals surface area contributed by atoms with Gasteiger partial charge < -0.3 is 19.6 Å². The van der Waals surface area contributed by atoms with Crippen LogP contribution in [0.25, 0.3) is 0 Å². The van der Waals surface area contributed by atoms with Crippen LogP contribution in [-0.2, 0) is 6.54 Å². The summed E-state index contributed by atoms with van der Waals surface area (Å²) in [5.41, 5.74) is 1.01. The standard InChI is InChI=1S/C18H32N6O.HI/c1-19-18(20-7-10-22-8-4-2-3-5-9-22)24-13-11-23(12-14-24)16-17-6-15-25-21-17;/h6,15H,2-5,7-14,16H2,1H3,(H,19,20);1H. The molecule has 0 bridgehead atoms. The van der Waals surface area contributed by atoms with Crippen molar-refractivity contribution in [3.63, 3.8) is 0 Å². The van der Waals surface area contributed by atoms with Gasteiger partial charge in [0.1, 0.15) is 6.26 Å². The van der Waals surface area contributed by atoms with Crippen molar-refractivity contribution in [2.75, 3.05) is 59.4 Å². The van der Waals surface area contributed by atoms with Crippen LogP contribution in [0.4, 0.5) is 0 Å². The molecule has 148 valence electrons. The van der Waals surface area contributed by atoms with Crippen molar-refractivity contribution < 1.29 is 4.52 Å². The molecule has 26 heavy (non-hydrogen) atoms. The Morgan fingerprint density at radius 3 is 2.42 bits per heavy atom. The van der Waals surface area contributed by atoms with E-state index in [1.54, 1.807) is 6.26 Å². The fourth-order valence-electron chi connectivity index (χ4n) is 3.68. The summed E-state index contributed by atoms with van der Waals surface area (Å²) >= 11 is 0. The van der Waals surface area contributed by atoms with Gasteiger partial charge in [0.05, 0.1) is 5.69 Å². The SMILES string of the molecule is CN=C(NCCN1CCCCCC1)N1CCN(Cc2ccon2)CC1.I. The number of hydrogen-bond donors (Lipinski definition) is 1. The molecule has 8 heteroatoms. The van der Waals surface area contributed by atoms with Crippen molar-refractivity contribution in [1.82, 2.24) is 25.2 Å². The largest absolute Gasteiger partial charge is 0.364 e. The minimum Gasteiger partial charge on any atom is -0.364 e. The van der Waals surface area contributed by atoms with Gasteiger partial charge in [-0.05, 0) is 25.9 Å². The van der Waals surface area contributed by atoms with Gasteiger partial charge in [0.25, 0.3) is 0 Å². The lowest BCUT2D eigenvalue weighted by molar-refractivity contribution is 0.168. The molecule has 7 nitrogen and oxygen atoms in total. The normalized spacial score (nSPS) is 20.5. The summed E-state index contributed by atoms with van der Waals surface area (Å²) in [4.78, 5) is 11.8. The number of piperazine rings is 1. The van der Waals surface area contributed by atoms with Crippen LogP contribution in [0.5, 0.6) is 0 Å². The number of halogens is 1. The maximum absolute atomic E-state index is 4.91.